The van der Waals surface area contributed by atoms with E-state index in [1.54, 1.807) is 6.92 Å². The van der Waals surface area contributed by atoms with E-state index in [4.69, 9.17) is 9.68 Å². The number of pyridine rings is 1. The Hall–Kier alpha value is -1.94. The number of hydrogen-bond acceptors (Lipinski definition) is 4. The molecule has 2 aromatic heterocycles. The Bertz CT molecular complexity index is 968. The van der Waals surface area contributed by atoms with Crippen molar-refractivity contribution in [2.24, 2.45) is 0 Å². The molecule has 0 bridgehead atoms. The lowest BCUT2D eigenvalue weighted by atomic mass is 10.0. The van der Waals surface area contributed by atoms with Crippen LogP contribution >= 0.6 is 22.6 Å². The zero-order chi connectivity index (χ0) is 14.4. The normalized spacial score (nSPS) is 10.9. The standard InChI is InChI=1S/C15H9IN2O2/c1-7-11(6-17)15(19)20-14-10-5-9(16)3-4-12(10)18-8(2)13(7)14/h3-5H,1-2H3. The second-order valence-corrected chi connectivity index (χ2v) is 5.81. The number of rotatable bonds is 0. The SMILES string of the molecule is Cc1nc2ccc(I)cc2c2oc(=O)c(C#N)c(C)c12. The Balaban J connectivity index is 2.67. The van der Waals surface area contributed by atoms with Gasteiger partial charge in [0.1, 0.15) is 17.2 Å². The largest absolute Gasteiger partial charge is 0.421 e. The molecule has 4 nitrogen and oxygen atoms in total. The van der Waals surface area contributed by atoms with E-state index >= 15 is 0 Å². The molecule has 0 spiro atoms. The van der Waals surface area contributed by atoms with Crippen LogP contribution in [0, 0.1) is 28.7 Å². The van der Waals surface area contributed by atoms with Crippen molar-refractivity contribution < 1.29 is 4.42 Å². The van der Waals surface area contributed by atoms with Gasteiger partial charge in [-0.2, -0.15) is 5.26 Å². The maximum Gasteiger partial charge on any atom is 0.354 e. The first-order chi connectivity index (χ1) is 9.52. The van der Waals surface area contributed by atoms with Crippen LogP contribution in [-0.4, -0.2) is 4.98 Å². The Kier molecular flexibility index (Phi) is 2.98. The van der Waals surface area contributed by atoms with Crippen molar-refractivity contribution >= 4 is 44.5 Å². The van der Waals surface area contributed by atoms with Crippen LogP contribution in [0.5, 0.6) is 0 Å². The van der Waals surface area contributed by atoms with Gasteiger partial charge in [0.15, 0.2) is 0 Å². The van der Waals surface area contributed by atoms with Crippen LogP contribution in [0.2, 0.25) is 0 Å². The van der Waals surface area contributed by atoms with Gasteiger partial charge in [-0.25, -0.2) is 4.79 Å². The maximum atomic E-state index is 11.9. The molecule has 2 heterocycles. The number of benzene rings is 1. The number of aryl methyl sites for hydroxylation is 2. The molecule has 0 unspecified atom stereocenters. The van der Waals surface area contributed by atoms with Crippen molar-refractivity contribution in [3.05, 3.63) is 49.0 Å². The van der Waals surface area contributed by atoms with Crippen molar-refractivity contribution in [2.45, 2.75) is 13.8 Å². The fourth-order valence-electron chi connectivity index (χ4n) is 2.42. The van der Waals surface area contributed by atoms with Crippen molar-refractivity contribution in [2.75, 3.05) is 0 Å². The van der Waals surface area contributed by atoms with Crippen molar-refractivity contribution in [1.82, 2.24) is 4.98 Å². The summed E-state index contributed by atoms with van der Waals surface area (Å²) in [6, 6.07) is 7.69. The van der Waals surface area contributed by atoms with Gasteiger partial charge in [-0.05, 0) is 60.2 Å². The van der Waals surface area contributed by atoms with Gasteiger partial charge in [-0.3, -0.25) is 4.98 Å². The van der Waals surface area contributed by atoms with Gasteiger partial charge < -0.3 is 4.42 Å². The highest BCUT2D eigenvalue weighted by atomic mass is 127. The van der Waals surface area contributed by atoms with Gasteiger partial charge in [0.2, 0.25) is 0 Å². The van der Waals surface area contributed by atoms with E-state index in [0.29, 0.717) is 11.1 Å². The summed E-state index contributed by atoms with van der Waals surface area (Å²) in [5, 5.41) is 10.6. The summed E-state index contributed by atoms with van der Waals surface area (Å²) in [7, 11) is 0. The minimum Gasteiger partial charge on any atom is -0.421 e. The Morgan fingerprint density at radius 1 is 1.35 bits per heavy atom. The smallest absolute Gasteiger partial charge is 0.354 e. The average molecular weight is 376 g/mol. The Morgan fingerprint density at radius 3 is 2.80 bits per heavy atom. The molecule has 0 aliphatic heterocycles. The molecule has 20 heavy (non-hydrogen) atoms. The molecule has 0 atom stereocenters. The number of hydrogen-bond donors (Lipinski definition) is 0. The molecule has 0 aliphatic carbocycles. The summed E-state index contributed by atoms with van der Waals surface area (Å²) in [4.78, 5) is 16.4. The molecule has 5 heteroatoms. The van der Waals surface area contributed by atoms with E-state index in [0.717, 1.165) is 25.6 Å². The topological polar surface area (TPSA) is 66.9 Å². The van der Waals surface area contributed by atoms with Crippen molar-refractivity contribution in [3.63, 3.8) is 0 Å². The van der Waals surface area contributed by atoms with Crippen LogP contribution in [0.4, 0.5) is 0 Å². The molecular formula is C15H9IN2O2. The molecule has 0 fully saturated rings. The average Bonchev–Trinajstić information content (AvgIpc) is 2.39. The lowest BCUT2D eigenvalue weighted by Gasteiger charge is -2.09. The molecule has 0 saturated heterocycles. The first kappa shape index (κ1) is 13.1. The molecule has 3 aromatic rings. The monoisotopic (exact) mass is 376 g/mol. The van der Waals surface area contributed by atoms with Crippen LogP contribution in [0.25, 0.3) is 21.9 Å². The third-order valence-electron chi connectivity index (χ3n) is 3.34. The van der Waals surface area contributed by atoms with E-state index in [1.165, 1.54) is 0 Å². The van der Waals surface area contributed by atoms with Gasteiger partial charge in [-0.15, -0.1) is 0 Å². The van der Waals surface area contributed by atoms with E-state index in [2.05, 4.69) is 27.6 Å². The fraction of sp³-hybridized carbons (Fsp3) is 0.133. The highest BCUT2D eigenvalue weighted by Gasteiger charge is 2.16. The third-order valence-corrected chi connectivity index (χ3v) is 4.01. The summed E-state index contributed by atoms with van der Waals surface area (Å²) in [5.74, 6) is 0. The van der Waals surface area contributed by atoms with Gasteiger partial charge in [0.25, 0.3) is 0 Å². The predicted octanol–water partition coefficient (Wildman–Crippen LogP) is 3.43. The number of aromatic nitrogens is 1. The second kappa shape index (κ2) is 4.56. The minimum absolute atomic E-state index is 0.0485. The van der Waals surface area contributed by atoms with Gasteiger partial charge >= 0.3 is 5.63 Å². The van der Waals surface area contributed by atoms with Crippen LogP contribution in [0.3, 0.4) is 0 Å². The summed E-state index contributed by atoms with van der Waals surface area (Å²) < 4.78 is 6.43. The molecule has 98 valence electrons. The molecule has 0 aliphatic rings. The van der Waals surface area contributed by atoms with Crippen LogP contribution in [-0.2, 0) is 0 Å². The molecule has 3 rings (SSSR count). The zero-order valence-electron chi connectivity index (χ0n) is 10.8. The summed E-state index contributed by atoms with van der Waals surface area (Å²) >= 11 is 2.20. The summed E-state index contributed by atoms with van der Waals surface area (Å²) in [5.41, 5.74) is 2.13. The molecule has 0 saturated carbocycles. The van der Waals surface area contributed by atoms with Crippen molar-refractivity contribution in [1.29, 1.82) is 5.26 Å². The molecule has 0 N–H and O–H groups in total. The number of fused-ring (bicyclic) bond motifs is 3. The van der Waals surface area contributed by atoms with E-state index in [-0.39, 0.29) is 5.56 Å². The summed E-state index contributed by atoms with van der Waals surface area (Å²) in [6.07, 6.45) is 0. The predicted molar refractivity (Wildman–Crippen MR) is 84.7 cm³/mol. The Morgan fingerprint density at radius 2 is 2.10 bits per heavy atom. The van der Waals surface area contributed by atoms with E-state index in [1.807, 2.05) is 31.2 Å². The van der Waals surface area contributed by atoms with Gasteiger partial charge in [0, 0.05) is 20.0 Å². The highest BCUT2D eigenvalue weighted by molar-refractivity contribution is 14.1. The highest BCUT2D eigenvalue weighted by Crippen LogP contribution is 2.29. The molecular weight excluding hydrogens is 367 g/mol. The maximum absolute atomic E-state index is 11.9. The second-order valence-electron chi connectivity index (χ2n) is 4.56. The van der Waals surface area contributed by atoms with E-state index < -0.39 is 5.63 Å². The number of halogens is 1. The molecule has 0 amide bonds. The minimum atomic E-state index is -0.594. The number of nitriles is 1. The lowest BCUT2D eigenvalue weighted by Crippen LogP contribution is -2.08. The molecule has 1 aromatic carbocycles. The quantitative estimate of drug-likeness (QED) is 0.445. The van der Waals surface area contributed by atoms with E-state index in [9.17, 15) is 4.79 Å². The Labute approximate surface area is 128 Å². The number of nitrogens with zero attached hydrogens (tertiary/aromatic N) is 2. The molecule has 0 radical (unpaired) electrons. The van der Waals surface area contributed by atoms with Gasteiger partial charge in [-0.1, -0.05) is 0 Å². The van der Waals surface area contributed by atoms with Gasteiger partial charge in [0.05, 0.1) is 5.52 Å². The summed E-state index contributed by atoms with van der Waals surface area (Å²) in [6.45, 7) is 3.61. The fourth-order valence-corrected chi connectivity index (χ4v) is 2.91. The van der Waals surface area contributed by atoms with Crippen LogP contribution < -0.4 is 5.63 Å². The first-order valence-electron chi connectivity index (χ1n) is 5.96. The zero-order valence-corrected chi connectivity index (χ0v) is 13.0. The first-order valence-corrected chi connectivity index (χ1v) is 7.04. The van der Waals surface area contributed by atoms with Crippen molar-refractivity contribution in [3.8, 4) is 6.07 Å². The third kappa shape index (κ3) is 1.79. The lowest BCUT2D eigenvalue weighted by molar-refractivity contribution is 0.560. The van der Waals surface area contributed by atoms with Crippen LogP contribution in [0.15, 0.2) is 27.4 Å². The van der Waals surface area contributed by atoms with Crippen LogP contribution in [0.1, 0.15) is 16.8 Å².